The Hall–Kier alpha value is -3.28. The first-order valence-corrected chi connectivity index (χ1v) is 8.60. The number of aromatic amines is 1. The van der Waals surface area contributed by atoms with Gasteiger partial charge in [-0.2, -0.15) is 0 Å². The van der Waals surface area contributed by atoms with E-state index in [2.05, 4.69) is 10.3 Å². The van der Waals surface area contributed by atoms with Crippen molar-refractivity contribution in [2.45, 2.75) is 19.9 Å². The van der Waals surface area contributed by atoms with E-state index >= 15 is 0 Å². The molecule has 140 valence electrons. The van der Waals surface area contributed by atoms with Crippen LogP contribution in [-0.2, 0) is 17.8 Å². The van der Waals surface area contributed by atoms with E-state index < -0.39 is 0 Å². The lowest BCUT2D eigenvalue weighted by molar-refractivity contribution is -0.120. The molecule has 1 heterocycles. The molecule has 0 saturated carbocycles. The highest BCUT2D eigenvalue weighted by Crippen LogP contribution is 2.27. The van der Waals surface area contributed by atoms with Crippen molar-refractivity contribution in [2.75, 3.05) is 14.2 Å². The number of nitrogens with one attached hydrogen (secondary N) is 2. The summed E-state index contributed by atoms with van der Waals surface area (Å²) in [6.45, 7) is 2.19. The predicted molar refractivity (Wildman–Crippen MR) is 104 cm³/mol. The highest BCUT2D eigenvalue weighted by molar-refractivity contribution is 5.81. The van der Waals surface area contributed by atoms with Crippen LogP contribution in [0.1, 0.15) is 16.7 Å². The third kappa shape index (κ3) is 4.28. The maximum absolute atomic E-state index is 12.3. The van der Waals surface area contributed by atoms with Crippen LogP contribution in [0.15, 0.2) is 47.3 Å². The molecule has 0 aliphatic rings. The van der Waals surface area contributed by atoms with Crippen LogP contribution < -0.4 is 20.3 Å². The molecule has 0 bridgehead atoms. The Morgan fingerprint density at radius 2 is 1.74 bits per heavy atom. The van der Waals surface area contributed by atoms with Crippen molar-refractivity contribution >= 4 is 16.8 Å². The number of aromatic nitrogens is 1. The summed E-state index contributed by atoms with van der Waals surface area (Å²) in [6.07, 6.45) is 0.250. The molecule has 6 nitrogen and oxygen atoms in total. The normalized spacial score (nSPS) is 10.6. The molecule has 0 radical (unpaired) electrons. The number of hydrogen-bond acceptors (Lipinski definition) is 4. The van der Waals surface area contributed by atoms with Crippen LogP contribution in [0.25, 0.3) is 10.9 Å². The minimum absolute atomic E-state index is 0.0834. The van der Waals surface area contributed by atoms with E-state index in [1.165, 1.54) is 0 Å². The summed E-state index contributed by atoms with van der Waals surface area (Å²) < 4.78 is 10.5. The molecule has 0 unspecified atom stereocenters. The van der Waals surface area contributed by atoms with Crippen molar-refractivity contribution in [3.63, 3.8) is 0 Å². The van der Waals surface area contributed by atoms with Crippen LogP contribution >= 0.6 is 0 Å². The number of ether oxygens (including phenoxy) is 2. The number of rotatable bonds is 6. The molecule has 0 spiro atoms. The van der Waals surface area contributed by atoms with E-state index in [4.69, 9.17) is 9.47 Å². The third-order valence-electron chi connectivity index (χ3n) is 4.40. The van der Waals surface area contributed by atoms with Crippen molar-refractivity contribution in [2.24, 2.45) is 0 Å². The third-order valence-corrected chi connectivity index (χ3v) is 4.40. The number of methoxy groups -OCH3 is 2. The fraction of sp³-hybridized carbons (Fsp3) is 0.238. The van der Waals surface area contributed by atoms with E-state index in [1.807, 2.05) is 30.3 Å². The summed E-state index contributed by atoms with van der Waals surface area (Å²) >= 11 is 0. The molecule has 0 aliphatic heterocycles. The first-order chi connectivity index (χ1) is 13.0. The summed E-state index contributed by atoms with van der Waals surface area (Å²) in [6, 6.07) is 13.0. The molecule has 0 aliphatic carbocycles. The van der Waals surface area contributed by atoms with Crippen molar-refractivity contribution < 1.29 is 14.3 Å². The number of benzene rings is 2. The summed E-state index contributed by atoms with van der Waals surface area (Å²) in [5.74, 6) is 1.15. The number of hydrogen-bond donors (Lipinski definition) is 2. The Bertz CT molecular complexity index is 1040. The van der Waals surface area contributed by atoms with Gasteiger partial charge < -0.3 is 19.8 Å². The van der Waals surface area contributed by atoms with Crippen LogP contribution in [0.5, 0.6) is 11.5 Å². The average molecular weight is 366 g/mol. The molecule has 2 N–H and O–H groups in total. The summed E-state index contributed by atoms with van der Waals surface area (Å²) in [7, 11) is 3.14. The first kappa shape index (κ1) is 18.5. The number of aryl methyl sites for hydroxylation is 1. The van der Waals surface area contributed by atoms with Crippen molar-refractivity contribution in [3.8, 4) is 11.5 Å². The minimum atomic E-state index is -0.0847. The van der Waals surface area contributed by atoms with Gasteiger partial charge in [-0.1, -0.05) is 12.1 Å². The van der Waals surface area contributed by atoms with Crippen LogP contribution in [-0.4, -0.2) is 25.1 Å². The Morgan fingerprint density at radius 1 is 1.00 bits per heavy atom. The molecule has 27 heavy (non-hydrogen) atoms. The number of carbonyl (C=O) groups is 1. The quantitative estimate of drug-likeness (QED) is 0.703. The molecule has 6 heteroatoms. The Labute approximate surface area is 157 Å². The number of carbonyl (C=O) groups excluding carboxylic acids is 1. The Morgan fingerprint density at radius 3 is 2.48 bits per heavy atom. The first-order valence-electron chi connectivity index (χ1n) is 8.60. The second-order valence-electron chi connectivity index (χ2n) is 6.35. The fourth-order valence-corrected chi connectivity index (χ4v) is 2.91. The molecule has 1 aromatic heterocycles. The minimum Gasteiger partial charge on any atom is -0.493 e. The molecule has 3 rings (SSSR count). The summed E-state index contributed by atoms with van der Waals surface area (Å²) in [5.41, 5.74) is 3.17. The van der Waals surface area contributed by atoms with Gasteiger partial charge in [0.05, 0.1) is 20.6 Å². The molecule has 1 amide bonds. The van der Waals surface area contributed by atoms with Crippen LogP contribution in [0.3, 0.4) is 0 Å². The largest absolute Gasteiger partial charge is 0.493 e. The molecule has 0 saturated heterocycles. The Balaban J connectivity index is 1.66. The maximum Gasteiger partial charge on any atom is 0.251 e. The second-order valence-corrected chi connectivity index (χ2v) is 6.35. The van der Waals surface area contributed by atoms with Gasteiger partial charge in [0, 0.05) is 17.6 Å². The smallest absolute Gasteiger partial charge is 0.251 e. The number of H-pyrrole nitrogens is 1. The fourth-order valence-electron chi connectivity index (χ4n) is 2.91. The van der Waals surface area contributed by atoms with Gasteiger partial charge in [-0.15, -0.1) is 0 Å². The van der Waals surface area contributed by atoms with Gasteiger partial charge in [-0.25, -0.2) is 0 Å². The summed E-state index contributed by atoms with van der Waals surface area (Å²) in [5, 5.41) is 3.86. The Kier molecular flexibility index (Phi) is 5.45. The molecule has 2 aromatic carbocycles. The predicted octanol–water partition coefficient (Wildman–Crippen LogP) is 2.71. The zero-order valence-electron chi connectivity index (χ0n) is 15.6. The molecule has 3 aromatic rings. The van der Waals surface area contributed by atoms with Gasteiger partial charge in [-0.3, -0.25) is 9.59 Å². The second kappa shape index (κ2) is 7.95. The van der Waals surface area contributed by atoms with Crippen LogP contribution in [0, 0.1) is 6.92 Å². The lowest BCUT2D eigenvalue weighted by Crippen LogP contribution is -2.24. The topological polar surface area (TPSA) is 80.4 Å². The zero-order valence-corrected chi connectivity index (χ0v) is 15.6. The molecule has 0 fully saturated rings. The highest BCUT2D eigenvalue weighted by Gasteiger charge is 2.09. The molecular formula is C21H22N2O4. The number of amides is 1. The zero-order chi connectivity index (χ0) is 19.4. The van der Waals surface area contributed by atoms with E-state index in [9.17, 15) is 9.59 Å². The van der Waals surface area contributed by atoms with Gasteiger partial charge >= 0.3 is 0 Å². The number of fused-ring (bicyclic) bond motifs is 1. The lowest BCUT2D eigenvalue weighted by atomic mass is 10.1. The standard InChI is InChI=1S/C21H22N2O4/c1-13-8-16-9-15(4-6-17(16)23-21(13)25)12-22-20(24)11-14-5-7-18(26-2)19(10-14)27-3/h4-10H,11-12H2,1-3H3,(H,22,24)(H,23,25). The number of pyridine rings is 1. The van der Waals surface area contributed by atoms with E-state index in [-0.39, 0.29) is 17.9 Å². The highest BCUT2D eigenvalue weighted by atomic mass is 16.5. The lowest BCUT2D eigenvalue weighted by Gasteiger charge is -2.10. The van der Waals surface area contributed by atoms with Crippen molar-refractivity contribution in [1.82, 2.24) is 10.3 Å². The maximum atomic E-state index is 12.3. The molecular weight excluding hydrogens is 344 g/mol. The van der Waals surface area contributed by atoms with E-state index in [0.29, 0.717) is 23.6 Å². The van der Waals surface area contributed by atoms with Gasteiger partial charge in [0.15, 0.2) is 11.5 Å². The average Bonchev–Trinajstić information content (AvgIpc) is 2.67. The molecule has 0 atom stereocenters. The van der Waals surface area contributed by atoms with Gasteiger partial charge in [0.25, 0.3) is 5.56 Å². The van der Waals surface area contributed by atoms with E-state index in [0.717, 1.165) is 22.0 Å². The monoisotopic (exact) mass is 366 g/mol. The van der Waals surface area contributed by atoms with Gasteiger partial charge in [0.2, 0.25) is 5.91 Å². The van der Waals surface area contributed by atoms with Crippen molar-refractivity contribution in [3.05, 3.63) is 69.5 Å². The van der Waals surface area contributed by atoms with E-state index in [1.54, 1.807) is 33.3 Å². The SMILES string of the molecule is COc1ccc(CC(=O)NCc2ccc3[nH]c(=O)c(C)cc3c2)cc1OC. The summed E-state index contributed by atoms with van der Waals surface area (Å²) in [4.78, 5) is 26.8. The van der Waals surface area contributed by atoms with Crippen LogP contribution in [0.4, 0.5) is 0 Å². The van der Waals surface area contributed by atoms with Gasteiger partial charge in [0.1, 0.15) is 0 Å². The van der Waals surface area contributed by atoms with Crippen LogP contribution in [0.2, 0.25) is 0 Å². The van der Waals surface area contributed by atoms with Crippen molar-refractivity contribution in [1.29, 1.82) is 0 Å². The van der Waals surface area contributed by atoms with Gasteiger partial charge in [-0.05, 0) is 53.8 Å².